The smallest absolute Gasteiger partial charge is 0.112 e. The summed E-state index contributed by atoms with van der Waals surface area (Å²) in [6, 6.07) is 0. The maximum Gasteiger partial charge on any atom is 0.112 e. The molecule has 0 aliphatic carbocycles. The van der Waals surface area contributed by atoms with Crippen molar-refractivity contribution in [3.05, 3.63) is 16.6 Å². The minimum absolute atomic E-state index is 0.0267. The van der Waals surface area contributed by atoms with Gasteiger partial charge in [-0.2, -0.15) is 0 Å². The highest BCUT2D eigenvalue weighted by Crippen LogP contribution is 2.21. The SMILES string of the molecule is CCCCCCCNC(C)(C)c1nccs1. The Morgan fingerprint density at radius 1 is 1.25 bits per heavy atom. The fourth-order valence-corrected chi connectivity index (χ4v) is 2.48. The topological polar surface area (TPSA) is 24.9 Å². The molecule has 0 saturated carbocycles. The maximum absolute atomic E-state index is 4.37. The Morgan fingerprint density at radius 2 is 2.00 bits per heavy atom. The molecular weight excluding hydrogens is 216 g/mol. The molecule has 0 radical (unpaired) electrons. The molecule has 0 aliphatic rings. The van der Waals surface area contributed by atoms with E-state index in [-0.39, 0.29) is 5.54 Å². The number of unbranched alkanes of at least 4 members (excludes halogenated alkanes) is 4. The van der Waals surface area contributed by atoms with Gasteiger partial charge in [0.25, 0.3) is 0 Å². The Kier molecular flexibility index (Phi) is 5.99. The number of nitrogens with one attached hydrogen (secondary N) is 1. The third-order valence-corrected chi connectivity index (χ3v) is 3.91. The van der Waals surface area contributed by atoms with Crippen LogP contribution in [0.5, 0.6) is 0 Å². The molecular formula is C13H24N2S. The van der Waals surface area contributed by atoms with Gasteiger partial charge in [0.15, 0.2) is 0 Å². The Labute approximate surface area is 103 Å². The molecule has 1 aromatic rings. The molecule has 2 nitrogen and oxygen atoms in total. The van der Waals surface area contributed by atoms with Gasteiger partial charge in [-0.3, -0.25) is 0 Å². The van der Waals surface area contributed by atoms with E-state index in [0.29, 0.717) is 0 Å². The largest absolute Gasteiger partial charge is 0.306 e. The van der Waals surface area contributed by atoms with Crippen LogP contribution in [0.25, 0.3) is 0 Å². The van der Waals surface area contributed by atoms with Gasteiger partial charge in [0, 0.05) is 11.6 Å². The van der Waals surface area contributed by atoms with Crippen molar-refractivity contribution in [2.45, 2.75) is 58.4 Å². The van der Waals surface area contributed by atoms with Crippen LogP contribution >= 0.6 is 11.3 Å². The van der Waals surface area contributed by atoms with Crippen molar-refractivity contribution in [1.82, 2.24) is 10.3 Å². The molecule has 0 aromatic carbocycles. The van der Waals surface area contributed by atoms with Gasteiger partial charge in [0.2, 0.25) is 0 Å². The van der Waals surface area contributed by atoms with E-state index in [9.17, 15) is 0 Å². The second-order valence-electron chi connectivity index (χ2n) is 4.80. The third-order valence-electron chi connectivity index (χ3n) is 2.81. The summed E-state index contributed by atoms with van der Waals surface area (Å²) in [6.45, 7) is 7.76. The van der Waals surface area contributed by atoms with E-state index in [1.807, 2.05) is 11.6 Å². The van der Waals surface area contributed by atoms with E-state index in [2.05, 4.69) is 31.1 Å². The molecule has 3 heteroatoms. The molecule has 0 fully saturated rings. The van der Waals surface area contributed by atoms with Crippen LogP contribution in [0, 0.1) is 0 Å². The van der Waals surface area contributed by atoms with Crippen molar-refractivity contribution >= 4 is 11.3 Å². The lowest BCUT2D eigenvalue weighted by Gasteiger charge is -2.23. The molecule has 0 aliphatic heterocycles. The second kappa shape index (κ2) is 7.02. The van der Waals surface area contributed by atoms with E-state index in [1.54, 1.807) is 11.3 Å². The van der Waals surface area contributed by atoms with Gasteiger partial charge in [-0.15, -0.1) is 11.3 Å². The molecule has 0 unspecified atom stereocenters. The molecule has 1 N–H and O–H groups in total. The van der Waals surface area contributed by atoms with Crippen molar-refractivity contribution in [1.29, 1.82) is 0 Å². The Balaban J connectivity index is 2.17. The van der Waals surface area contributed by atoms with Crippen molar-refractivity contribution in [2.75, 3.05) is 6.54 Å². The number of hydrogen-bond acceptors (Lipinski definition) is 3. The van der Waals surface area contributed by atoms with Crippen LogP contribution in [0.15, 0.2) is 11.6 Å². The summed E-state index contributed by atoms with van der Waals surface area (Å²) in [4.78, 5) is 4.37. The van der Waals surface area contributed by atoms with Gasteiger partial charge in [-0.1, -0.05) is 32.6 Å². The molecule has 92 valence electrons. The van der Waals surface area contributed by atoms with Crippen LogP contribution in [0.3, 0.4) is 0 Å². The first kappa shape index (κ1) is 13.7. The molecule has 16 heavy (non-hydrogen) atoms. The van der Waals surface area contributed by atoms with E-state index in [1.165, 1.54) is 37.1 Å². The lowest BCUT2D eigenvalue weighted by atomic mass is 10.1. The van der Waals surface area contributed by atoms with Crippen molar-refractivity contribution in [3.63, 3.8) is 0 Å². The fraction of sp³-hybridized carbons (Fsp3) is 0.769. The summed E-state index contributed by atoms with van der Waals surface area (Å²) in [7, 11) is 0. The van der Waals surface area contributed by atoms with Crippen LogP contribution in [0.2, 0.25) is 0 Å². The van der Waals surface area contributed by atoms with Crippen molar-refractivity contribution in [3.8, 4) is 0 Å². The summed E-state index contributed by atoms with van der Waals surface area (Å²) in [5, 5.41) is 6.81. The van der Waals surface area contributed by atoms with E-state index in [4.69, 9.17) is 0 Å². The fourth-order valence-electron chi connectivity index (χ4n) is 1.74. The first-order valence-corrected chi connectivity index (χ1v) is 7.20. The van der Waals surface area contributed by atoms with E-state index < -0.39 is 0 Å². The maximum atomic E-state index is 4.37. The highest BCUT2D eigenvalue weighted by atomic mass is 32.1. The quantitative estimate of drug-likeness (QED) is 0.696. The van der Waals surface area contributed by atoms with Gasteiger partial charge in [-0.05, 0) is 26.8 Å². The zero-order valence-corrected chi connectivity index (χ0v) is 11.6. The summed E-state index contributed by atoms with van der Waals surface area (Å²) in [5.41, 5.74) is 0.0267. The summed E-state index contributed by atoms with van der Waals surface area (Å²) < 4.78 is 0. The molecule has 1 heterocycles. The summed E-state index contributed by atoms with van der Waals surface area (Å²) in [5.74, 6) is 0. The molecule has 0 saturated heterocycles. The van der Waals surface area contributed by atoms with Gasteiger partial charge >= 0.3 is 0 Å². The molecule has 0 spiro atoms. The van der Waals surface area contributed by atoms with Crippen LogP contribution < -0.4 is 5.32 Å². The molecule has 1 rings (SSSR count). The Morgan fingerprint density at radius 3 is 2.62 bits per heavy atom. The molecule has 1 aromatic heterocycles. The van der Waals surface area contributed by atoms with Crippen LogP contribution in [0.4, 0.5) is 0 Å². The van der Waals surface area contributed by atoms with Crippen LogP contribution in [0.1, 0.15) is 57.9 Å². The summed E-state index contributed by atoms with van der Waals surface area (Å²) >= 11 is 1.73. The molecule has 0 bridgehead atoms. The van der Waals surface area contributed by atoms with Crippen molar-refractivity contribution < 1.29 is 0 Å². The minimum Gasteiger partial charge on any atom is -0.306 e. The predicted molar refractivity (Wildman–Crippen MR) is 71.9 cm³/mol. The van der Waals surface area contributed by atoms with Gasteiger partial charge in [0.05, 0.1) is 5.54 Å². The minimum atomic E-state index is 0.0267. The van der Waals surface area contributed by atoms with Gasteiger partial charge in [-0.25, -0.2) is 4.98 Å². The molecule has 0 atom stereocenters. The lowest BCUT2D eigenvalue weighted by molar-refractivity contribution is 0.393. The van der Waals surface area contributed by atoms with Crippen LogP contribution in [-0.4, -0.2) is 11.5 Å². The van der Waals surface area contributed by atoms with Gasteiger partial charge < -0.3 is 5.32 Å². The van der Waals surface area contributed by atoms with Gasteiger partial charge in [0.1, 0.15) is 5.01 Å². The zero-order valence-electron chi connectivity index (χ0n) is 10.8. The average Bonchev–Trinajstić information content (AvgIpc) is 2.77. The Bertz CT molecular complexity index is 267. The lowest BCUT2D eigenvalue weighted by Crippen LogP contribution is -2.37. The summed E-state index contributed by atoms with van der Waals surface area (Å²) in [6.07, 6.45) is 8.55. The number of aromatic nitrogens is 1. The van der Waals surface area contributed by atoms with E-state index in [0.717, 1.165) is 6.54 Å². The second-order valence-corrected chi connectivity index (χ2v) is 5.70. The number of hydrogen-bond donors (Lipinski definition) is 1. The standard InChI is InChI=1S/C13H24N2S/c1-4-5-6-7-8-9-15-13(2,3)12-14-10-11-16-12/h10-11,15H,4-9H2,1-3H3. The number of nitrogens with zero attached hydrogens (tertiary/aromatic N) is 1. The van der Waals surface area contributed by atoms with Crippen LogP contribution in [-0.2, 0) is 5.54 Å². The Hall–Kier alpha value is -0.410. The monoisotopic (exact) mass is 240 g/mol. The average molecular weight is 240 g/mol. The zero-order chi connectivity index (χ0) is 11.9. The number of thiazole rings is 1. The van der Waals surface area contributed by atoms with Crippen molar-refractivity contribution in [2.24, 2.45) is 0 Å². The van der Waals surface area contributed by atoms with E-state index >= 15 is 0 Å². The highest BCUT2D eigenvalue weighted by molar-refractivity contribution is 7.09. The predicted octanol–water partition coefficient (Wildman–Crippen LogP) is 3.94. The first-order valence-electron chi connectivity index (χ1n) is 6.32. The highest BCUT2D eigenvalue weighted by Gasteiger charge is 2.21. The normalized spacial score (nSPS) is 11.9. The third kappa shape index (κ3) is 4.62. The first-order chi connectivity index (χ1) is 7.67. The molecule has 0 amide bonds. The number of rotatable bonds is 8.